The van der Waals surface area contributed by atoms with Crippen LogP contribution >= 0.6 is 0 Å². The van der Waals surface area contributed by atoms with Crippen molar-refractivity contribution < 1.29 is 0 Å². The predicted molar refractivity (Wildman–Crippen MR) is 255 cm³/mol. The highest BCUT2D eigenvalue weighted by Gasteiger charge is 2.19. The zero-order valence-electron chi connectivity index (χ0n) is 33.3. The molecule has 9 rings (SSSR count). The van der Waals surface area contributed by atoms with E-state index in [1.54, 1.807) is 0 Å². The van der Waals surface area contributed by atoms with E-state index in [1.165, 1.54) is 0 Å². The van der Waals surface area contributed by atoms with E-state index in [0.717, 1.165) is 99.4 Å². The normalized spacial score (nSPS) is 12.5. The number of benzene rings is 7. The molecule has 0 saturated heterocycles. The fourth-order valence-electron chi connectivity index (χ4n) is 8.41. The summed E-state index contributed by atoms with van der Waals surface area (Å²) in [6.07, 6.45) is 16.1. The van der Waals surface area contributed by atoms with Crippen molar-refractivity contribution in [3.63, 3.8) is 0 Å². The highest BCUT2D eigenvalue weighted by Crippen LogP contribution is 2.40. The number of hydrogen-bond donors (Lipinski definition) is 0. The molecule has 0 spiro atoms. The van der Waals surface area contributed by atoms with Crippen LogP contribution in [0.2, 0.25) is 0 Å². The second-order valence-corrected chi connectivity index (χ2v) is 14.9. The third kappa shape index (κ3) is 6.75. The van der Waals surface area contributed by atoms with Gasteiger partial charge < -0.3 is 0 Å². The Morgan fingerprint density at radius 2 is 0.881 bits per heavy atom. The molecule has 0 unspecified atom stereocenters. The van der Waals surface area contributed by atoms with Crippen molar-refractivity contribution in [1.29, 1.82) is 0 Å². The number of nitrogens with zero attached hydrogens (tertiary/aromatic N) is 1. The van der Waals surface area contributed by atoms with E-state index in [2.05, 4.69) is 159 Å². The van der Waals surface area contributed by atoms with Gasteiger partial charge in [0, 0.05) is 21.5 Å². The van der Waals surface area contributed by atoms with Crippen LogP contribution in [0.1, 0.15) is 25.0 Å². The van der Waals surface area contributed by atoms with E-state index >= 15 is 0 Å². The van der Waals surface area contributed by atoms with Crippen molar-refractivity contribution in [3.8, 4) is 44.5 Å². The Labute approximate surface area is 345 Å². The first kappa shape index (κ1) is 37.1. The highest BCUT2D eigenvalue weighted by atomic mass is 16.1. The summed E-state index contributed by atoms with van der Waals surface area (Å²) < 4.78 is 1.93. The average Bonchev–Trinajstić information content (AvgIpc) is 3.63. The van der Waals surface area contributed by atoms with Crippen LogP contribution in [-0.2, 0) is 0 Å². The number of allylic oxidation sites excluding steroid dienone is 10. The predicted octanol–water partition coefficient (Wildman–Crippen LogP) is 15.2. The van der Waals surface area contributed by atoms with Gasteiger partial charge in [-0.2, -0.15) is 0 Å². The van der Waals surface area contributed by atoms with Gasteiger partial charge in [0.05, 0.1) is 11.0 Å². The Bertz CT molecular complexity index is 3290. The molecule has 7 aromatic carbocycles. The molecule has 2 heteroatoms. The summed E-state index contributed by atoms with van der Waals surface area (Å²) in [7, 11) is 0. The lowest BCUT2D eigenvalue weighted by Gasteiger charge is -2.11. The maximum Gasteiger partial charge on any atom is 0.263 e. The van der Waals surface area contributed by atoms with E-state index in [4.69, 9.17) is 0 Å². The zero-order chi connectivity index (χ0) is 40.5. The lowest BCUT2D eigenvalue weighted by Crippen LogP contribution is -2.12. The molecule has 0 amide bonds. The molecule has 0 atom stereocenters. The Morgan fingerprint density at radius 1 is 0.441 bits per heavy atom. The first-order valence-electron chi connectivity index (χ1n) is 20.1. The van der Waals surface area contributed by atoms with Crippen LogP contribution in [0.3, 0.4) is 0 Å². The van der Waals surface area contributed by atoms with Gasteiger partial charge in [-0.1, -0.05) is 159 Å². The van der Waals surface area contributed by atoms with E-state index in [9.17, 15) is 4.79 Å². The van der Waals surface area contributed by atoms with Crippen LogP contribution in [-0.4, -0.2) is 4.40 Å². The monoisotopic (exact) mass is 757 g/mol. The first-order chi connectivity index (χ1) is 29.0. The van der Waals surface area contributed by atoms with Gasteiger partial charge in [0.2, 0.25) is 0 Å². The number of pyridine rings is 1. The van der Waals surface area contributed by atoms with Crippen LogP contribution in [0.4, 0.5) is 0 Å². The van der Waals surface area contributed by atoms with Gasteiger partial charge in [0.25, 0.3) is 5.56 Å². The van der Waals surface area contributed by atoms with Gasteiger partial charge in [-0.25, -0.2) is 0 Å². The smallest absolute Gasteiger partial charge is 0.263 e. The SMILES string of the molecule is C=C/C(=C\C=C/C)c1cccc(-c2cccc(-c3ccc4c(c3)c3cc(-c5cccc(-c6cccc(/C(C=C)=C/C=C\C)c6)c5)cc5c6ccccc6c(=O)n4c53)c2)c1. The Hall–Kier alpha value is -7.55. The van der Waals surface area contributed by atoms with Crippen LogP contribution in [0.15, 0.2) is 218 Å². The van der Waals surface area contributed by atoms with Crippen molar-refractivity contribution in [2.45, 2.75) is 13.8 Å². The zero-order valence-corrected chi connectivity index (χ0v) is 33.3. The summed E-state index contributed by atoms with van der Waals surface area (Å²) in [4.78, 5) is 14.3. The van der Waals surface area contributed by atoms with Crippen LogP contribution in [0.5, 0.6) is 0 Å². The number of hydrogen-bond acceptors (Lipinski definition) is 1. The van der Waals surface area contributed by atoms with E-state index in [0.29, 0.717) is 5.39 Å². The maximum atomic E-state index is 14.3. The average molecular weight is 758 g/mol. The second kappa shape index (κ2) is 15.8. The minimum Gasteiger partial charge on any atom is -0.275 e. The summed E-state index contributed by atoms with van der Waals surface area (Å²) >= 11 is 0. The molecule has 0 aliphatic heterocycles. The van der Waals surface area contributed by atoms with E-state index in [1.807, 2.05) is 72.9 Å². The first-order valence-corrected chi connectivity index (χ1v) is 20.1. The molecule has 0 fully saturated rings. The van der Waals surface area contributed by atoms with Crippen LogP contribution < -0.4 is 5.56 Å². The summed E-state index contributed by atoms with van der Waals surface area (Å²) in [6, 6.07) is 53.8. The topological polar surface area (TPSA) is 21.5 Å². The number of rotatable bonds is 10. The van der Waals surface area contributed by atoms with Crippen molar-refractivity contribution >= 4 is 49.1 Å². The molecule has 0 radical (unpaired) electrons. The van der Waals surface area contributed by atoms with Gasteiger partial charge in [0.15, 0.2) is 0 Å². The number of fused-ring (bicyclic) bond motifs is 5. The van der Waals surface area contributed by atoms with Crippen LogP contribution in [0, 0.1) is 0 Å². The molecule has 0 aliphatic rings. The highest BCUT2D eigenvalue weighted by molar-refractivity contribution is 6.22. The fourth-order valence-corrected chi connectivity index (χ4v) is 8.41. The van der Waals surface area contributed by atoms with Gasteiger partial charge >= 0.3 is 0 Å². The van der Waals surface area contributed by atoms with Gasteiger partial charge in [0.1, 0.15) is 0 Å². The molecule has 59 heavy (non-hydrogen) atoms. The second-order valence-electron chi connectivity index (χ2n) is 14.9. The summed E-state index contributed by atoms with van der Waals surface area (Å²) in [5.41, 5.74) is 15.2. The number of aromatic nitrogens is 1. The molecule has 2 aromatic heterocycles. The molecule has 2 heterocycles. The standard InChI is InChI=1S/C57H43NO/c1-5-9-17-38(7-3)40-19-13-21-42(31-40)44-23-15-25-46(33-44)48-29-30-55-52(35-48)54-37-49(36-53-50-27-11-12-28-51(50)57(59)58(55)56(53)54)47-26-16-24-45(34-47)43-22-14-20-41(32-43)39(8-4)18-10-6-2/h5-37H,3-4H2,1-2H3/b9-5-,10-6-,38-17+,39-18+. The Morgan fingerprint density at radius 3 is 1.41 bits per heavy atom. The van der Waals surface area contributed by atoms with Crippen LogP contribution in [0.25, 0.3) is 93.6 Å². The third-order valence-corrected chi connectivity index (χ3v) is 11.3. The van der Waals surface area contributed by atoms with Gasteiger partial charge in [-0.3, -0.25) is 9.20 Å². The summed E-state index contributed by atoms with van der Waals surface area (Å²) in [5.74, 6) is 0. The van der Waals surface area contributed by atoms with Crippen molar-refractivity contribution in [2.75, 3.05) is 0 Å². The molecular formula is C57H43NO. The molecule has 0 saturated carbocycles. The van der Waals surface area contributed by atoms with E-state index in [-0.39, 0.29) is 5.56 Å². The van der Waals surface area contributed by atoms with E-state index < -0.39 is 0 Å². The molecule has 0 aliphatic carbocycles. The van der Waals surface area contributed by atoms with Crippen molar-refractivity contribution in [1.82, 2.24) is 4.40 Å². The molecule has 2 nitrogen and oxygen atoms in total. The maximum absolute atomic E-state index is 14.3. The molecule has 282 valence electrons. The fraction of sp³-hybridized carbons (Fsp3) is 0.0351. The lowest BCUT2D eigenvalue weighted by molar-refractivity contribution is 1.21. The molecule has 0 bridgehead atoms. The van der Waals surface area contributed by atoms with Crippen molar-refractivity contribution in [2.24, 2.45) is 0 Å². The van der Waals surface area contributed by atoms with Gasteiger partial charge in [-0.05, 0) is 141 Å². The van der Waals surface area contributed by atoms with Crippen molar-refractivity contribution in [3.05, 3.63) is 235 Å². The quantitative estimate of drug-likeness (QED) is 0.101. The lowest BCUT2D eigenvalue weighted by atomic mass is 9.93. The summed E-state index contributed by atoms with van der Waals surface area (Å²) in [5, 5.41) is 4.84. The minimum absolute atomic E-state index is 0.00194. The largest absolute Gasteiger partial charge is 0.275 e. The summed E-state index contributed by atoms with van der Waals surface area (Å²) in [6.45, 7) is 12.1. The molecule has 0 N–H and O–H groups in total. The third-order valence-electron chi connectivity index (χ3n) is 11.3. The van der Waals surface area contributed by atoms with Gasteiger partial charge in [-0.15, -0.1) is 0 Å². The minimum atomic E-state index is 0.00194. The Balaban J connectivity index is 1.20. The molecule has 9 aromatic rings. The molecular weight excluding hydrogens is 715 g/mol. The Kier molecular flexibility index (Phi) is 9.90.